The number of rotatable bonds is 7. The average molecular weight is 316 g/mol. The van der Waals surface area contributed by atoms with Crippen LogP contribution in [0.5, 0.6) is 0 Å². The van der Waals surface area contributed by atoms with Gasteiger partial charge in [0.05, 0.1) is 12.5 Å². The summed E-state index contributed by atoms with van der Waals surface area (Å²) < 4.78 is 13.4. The topological polar surface area (TPSA) is 94.8 Å². The number of hydrogen-bond acceptors (Lipinski definition) is 5. The summed E-state index contributed by atoms with van der Waals surface area (Å²) in [7, 11) is 0. The van der Waals surface area contributed by atoms with Gasteiger partial charge in [0.15, 0.2) is 5.12 Å². The number of halogens is 1. The van der Waals surface area contributed by atoms with Crippen LogP contribution in [0.3, 0.4) is 0 Å². The molecule has 7 heteroatoms. The van der Waals surface area contributed by atoms with Crippen LogP contribution in [0.2, 0.25) is 0 Å². The van der Waals surface area contributed by atoms with Crippen molar-refractivity contribution < 1.29 is 29.3 Å². The number of benzene rings is 1. The van der Waals surface area contributed by atoms with Crippen molar-refractivity contribution in [2.24, 2.45) is 0 Å². The Bertz CT molecular complexity index is 520. The van der Waals surface area contributed by atoms with Crippen molar-refractivity contribution in [1.29, 1.82) is 0 Å². The van der Waals surface area contributed by atoms with Crippen molar-refractivity contribution in [2.75, 3.05) is 5.75 Å². The number of hydrogen-bond donors (Lipinski definition) is 3. The lowest BCUT2D eigenvalue weighted by Crippen LogP contribution is -2.19. The zero-order valence-electron chi connectivity index (χ0n) is 11.5. The predicted octanol–water partition coefficient (Wildman–Crippen LogP) is 1.52. The van der Waals surface area contributed by atoms with Gasteiger partial charge >= 0.3 is 5.97 Å². The van der Waals surface area contributed by atoms with Crippen molar-refractivity contribution in [3.63, 3.8) is 0 Å². The highest BCUT2D eigenvalue weighted by molar-refractivity contribution is 8.13. The van der Waals surface area contributed by atoms with Gasteiger partial charge in [0.1, 0.15) is 11.9 Å². The number of carboxylic acid groups (broad SMARTS) is 1. The van der Waals surface area contributed by atoms with E-state index in [2.05, 4.69) is 0 Å². The molecular formula is C14H17FO5S. The number of carboxylic acids is 1. The van der Waals surface area contributed by atoms with E-state index < -0.39 is 30.4 Å². The minimum absolute atomic E-state index is 0.0515. The van der Waals surface area contributed by atoms with Crippen LogP contribution in [0, 0.1) is 5.82 Å². The highest BCUT2D eigenvalue weighted by atomic mass is 32.2. The molecular weight excluding hydrogens is 299 g/mol. The molecule has 0 aliphatic carbocycles. The normalized spacial score (nSPS) is 13.7. The first-order valence-corrected chi connectivity index (χ1v) is 7.29. The number of aliphatic hydroxyl groups is 2. The van der Waals surface area contributed by atoms with Crippen LogP contribution >= 0.6 is 11.8 Å². The number of carbonyl (C=O) groups is 2. The van der Waals surface area contributed by atoms with Gasteiger partial charge < -0.3 is 15.3 Å². The lowest BCUT2D eigenvalue weighted by atomic mass is 9.99. The average Bonchev–Trinajstić information content (AvgIpc) is 2.39. The third kappa shape index (κ3) is 5.82. The molecule has 0 aliphatic rings. The number of thioether (sulfide) groups is 1. The zero-order valence-corrected chi connectivity index (χ0v) is 12.3. The fraction of sp³-hybridized carbons (Fsp3) is 0.429. The van der Waals surface area contributed by atoms with E-state index in [1.54, 1.807) is 0 Å². The molecule has 0 bridgehead atoms. The first-order chi connectivity index (χ1) is 9.81. The summed E-state index contributed by atoms with van der Waals surface area (Å²) in [5.41, 5.74) is 0.192. The van der Waals surface area contributed by atoms with Gasteiger partial charge in [0.25, 0.3) is 0 Å². The summed E-state index contributed by atoms with van der Waals surface area (Å²) in [5, 5.41) is 28.4. The van der Waals surface area contributed by atoms with Crippen LogP contribution in [0.4, 0.5) is 4.39 Å². The maximum absolute atomic E-state index is 13.4. The summed E-state index contributed by atoms with van der Waals surface area (Å²) in [6.07, 6.45) is -2.68. The van der Waals surface area contributed by atoms with E-state index in [0.717, 1.165) is 17.8 Å². The molecule has 0 aliphatic heterocycles. The molecule has 0 saturated carbocycles. The van der Waals surface area contributed by atoms with Crippen molar-refractivity contribution in [2.45, 2.75) is 32.0 Å². The molecule has 0 amide bonds. The Morgan fingerprint density at radius 1 is 1.33 bits per heavy atom. The summed E-state index contributed by atoms with van der Waals surface area (Å²) in [6, 6.07) is 3.59. The van der Waals surface area contributed by atoms with Crippen LogP contribution in [-0.4, -0.2) is 38.3 Å². The van der Waals surface area contributed by atoms with Gasteiger partial charge in [0, 0.05) is 12.7 Å². The fourth-order valence-corrected chi connectivity index (χ4v) is 2.43. The maximum atomic E-state index is 13.4. The highest BCUT2D eigenvalue weighted by Crippen LogP contribution is 2.23. The predicted molar refractivity (Wildman–Crippen MR) is 76.5 cm³/mol. The highest BCUT2D eigenvalue weighted by Gasteiger charge is 2.20. The molecule has 1 aromatic carbocycles. The smallest absolute Gasteiger partial charge is 0.307 e. The van der Waals surface area contributed by atoms with Gasteiger partial charge in [-0.15, -0.1) is 0 Å². The Labute approximate surface area is 125 Å². The Morgan fingerprint density at radius 3 is 2.57 bits per heavy atom. The van der Waals surface area contributed by atoms with E-state index in [4.69, 9.17) is 5.11 Å². The van der Waals surface area contributed by atoms with Gasteiger partial charge in [-0.1, -0.05) is 17.8 Å². The number of aliphatic hydroxyl groups excluding tert-OH is 2. The van der Waals surface area contributed by atoms with E-state index in [9.17, 15) is 24.2 Å². The van der Waals surface area contributed by atoms with Crippen LogP contribution in [0.1, 0.15) is 30.6 Å². The van der Waals surface area contributed by atoms with Gasteiger partial charge in [-0.3, -0.25) is 9.59 Å². The Morgan fingerprint density at radius 2 is 2.00 bits per heavy atom. The molecule has 21 heavy (non-hydrogen) atoms. The van der Waals surface area contributed by atoms with Crippen LogP contribution in [0.25, 0.3) is 0 Å². The van der Waals surface area contributed by atoms with E-state index in [1.165, 1.54) is 19.1 Å². The molecule has 2 atom stereocenters. The van der Waals surface area contributed by atoms with Crippen molar-refractivity contribution >= 4 is 22.8 Å². The van der Waals surface area contributed by atoms with E-state index in [0.29, 0.717) is 5.75 Å². The third-order valence-electron chi connectivity index (χ3n) is 2.84. The lowest BCUT2D eigenvalue weighted by molar-refractivity contribution is -0.136. The van der Waals surface area contributed by atoms with Crippen LogP contribution < -0.4 is 0 Å². The monoisotopic (exact) mass is 316 g/mol. The Hall–Kier alpha value is -1.44. The minimum atomic E-state index is -1.26. The summed E-state index contributed by atoms with van der Waals surface area (Å²) in [5.74, 6) is -1.49. The van der Waals surface area contributed by atoms with Crippen LogP contribution in [0.15, 0.2) is 18.2 Å². The SMILES string of the molecule is CC(=O)SCCC(O)C(O)c1ccc(F)c(CC(=O)O)c1. The first kappa shape index (κ1) is 17.6. The Balaban J connectivity index is 2.74. The molecule has 0 radical (unpaired) electrons. The van der Waals surface area contributed by atoms with E-state index in [-0.39, 0.29) is 22.7 Å². The largest absolute Gasteiger partial charge is 0.481 e. The fourth-order valence-electron chi connectivity index (χ4n) is 1.78. The van der Waals surface area contributed by atoms with Gasteiger partial charge in [-0.25, -0.2) is 4.39 Å². The second-order valence-corrected chi connectivity index (χ2v) is 5.83. The molecule has 1 rings (SSSR count). The molecule has 5 nitrogen and oxygen atoms in total. The second-order valence-electron chi connectivity index (χ2n) is 4.56. The van der Waals surface area contributed by atoms with Gasteiger partial charge in [-0.2, -0.15) is 0 Å². The van der Waals surface area contributed by atoms with E-state index >= 15 is 0 Å². The number of carbonyl (C=O) groups excluding carboxylic acids is 1. The van der Waals surface area contributed by atoms with Crippen molar-refractivity contribution in [1.82, 2.24) is 0 Å². The molecule has 3 N–H and O–H groups in total. The Kier molecular flexibility index (Phi) is 6.80. The van der Waals surface area contributed by atoms with Gasteiger partial charge in [-0.05, 0) is 29.7 Å². The van der Waals surface area contributed by atoms with Crippen LogP contribution in [-0.2, 0) is 16.0 Å². The second kappa shape index (κ2) is 8.11. The summed E-state index contributed by atoms with van der Waals surface area (Å²) in [4.78, 5) is 21.4. The molecule has 0 saturated heterocycles. The van der Waals surface area contributed by atoms with Gasteiger partial charge in [0.2, 0.25) is 0 Å². The molecule has 116 valence electrons. The molecule has 0 aromatic heterocycles. The lowest BCUT2D eigenvalue weighted by Gasteiger charge is -2.18. The van der Waals surface area contributed by atoms with Crippen molar-refractivity contribution in [3.8, 4) is 0 Å². The summed E-state index contributed by atoms with van der Waals surface area (Å²) >= 11 is 1.04. The van der Waals surface area contributed by atoms with E-state index in [1.807, 2.05) is 0 Å². The third-order valence-corrected chi connectivity index (χ3v) is 3.68. The number of aliphatic carboxylic acids is 1. The quantitative estimate of drug-likeness (QED) is 0.706. The molecule has 0 fully saturated rings. The standard InChI is InChI=1S/C14H17FO5S/c1-8(16)21-5-4-12(17)14(20)9-2-3-11(15)10(6-9)7-13(18)19/h2-3,6,12,14,17,20H,4-5,7H2,1H3,(H,18,19). The molecule has 1 aromatic rings. The first-order valence-electron chi connectivity index (χ1n) is 6.31. The maximum Gasteiger partial charge on any atom is 0.307 e. The molecule has 0 heterocycles. The zero-order chi connectivity index (χ0) is 16.0. The summed E-state index contributed by atoms with van der Waals surface area (Å²) in [6.45, 7) is 1.41. The van der Waals surface area contributed by atoms with Crippen molar-refractivity contribution in [3.05, 3.63) is 35.1 Å². The molecule has 0 spiro atoms. The molecule has 2 unspecified atom stereocenters. The minimum Gasteiger partial charge on any atom is -0.481 e.